The molecule has 0 aliphatic carbocycles. The Morgan fingerprint density at radius 1 is 0.882 bits per heavy atom. The van der Waals surface area contributed by atoms with E-state index in [9.17, 15) is 4.79 Å². The fourth-order valence-electron chi connectivity index (χ4n) is 4.48. The number of esters is 1. The molecule has 0 aliphatic heterocycles. The number of carbonyl (C=O) groups is 1. The fraction of sp³-hybridized carbons (Fsp3) is 0.862. The Bertz CT molecular complexity index is 602. The van der Waals surface area contributed by atoms with E-state index in [1.165, 1.54) is 77.0 Å². The largest absolute Gasteiger partial charge is 0.462 e. The van der Waals surface area contributed by atoms with Gasteiger partial charge in [-0.3, -0.25) is 9.69 Å². The standard InChI is InChI=1S/C29H55N3O2/c1-5-8-10-11-13-16-20-27(7-3)34-29(33)21-17-14-12-15-19-24-32(23-18-9-6-2)26-28-30-22-25-31(28)4/h22,25,27H,5-21,23-24,26H2,1-4H3. The lowest BCUT2D eigenvalue weighted by Gasteiger charge is -2.22. The lowest BCUT2D eigenvalue weighted by atomic mass is 10.1. The van der Waals surface area contributed by atoms with E-state index < -0.39 is 0 Å². The molecule has 198 valence electrons. The van der Waals surface area contributed by atoms with Gasteiger partial charge in [0.15, 0.2) is 0 Å². The normalized spacial score (nSPS) is 12.4. The van der Waals surface area contributed by atoms with Crippen LogP contribution in [0.15, 0.2) is 12.4 Å². The zero-order valence-corrected chi connectivity index (χ0v) is 23.0. The van der Waals surface area contributed by atoms with Gasteiger partial charge in [0.25, 0.3) is 0 Å². The predicted molar refractivity (Wildman–Crippen MR) is 144 cm³/mol. The van der Waals surface area contributed by atoms with E-state index in [1.54, 1.807) is 0 Å². The molecule has 1 unspecified atom stereocenters. The minimum Gasteiger partial charge on any atom is -0.462 e. The van der Waals surface area contributed by atoms with E-state index in [0.717, 1.165) is 51.1 Å². The number of rotatable bonds is 23. The second kappa shape index (κ2) is 21.0. The number of hydrogen-bond acceptors (Lipinski definition) is 4. The SMILES string of the molecule is CCCCCCCCC(CC)OC(=O)CCCCCCCN(CCCCC)Cc1nccn1C. The quantitative estimate of drug-likeness (QED) is 0.119. The van der Waals surface area contributed by atoms with Gasteiger partial charge in [-0.15, -0.1) is 0 Å². The second-order valence-corrected chi connectivity index (χ2v) is 10.0. The molecule has 1 aromatic rings. The minimum absolute atomic E-state index is 0.00926. The number of hydrogen-bond donors (Lipinski definition) is 0. The van der Waals surface area contributed by atoms with Crippen molar-refractivity contribution < 1.29 is 9.53 Å². The summed E-state index contributed by atoms with van der Waals surface area (Å²) in [5, 5.41) is 0. The Balaban J connectivity index is 2.12. The lowest BCUT2D eigenvalue weighted by molar-refractivity contribution is -0.149. The lowest BCUT2D eigenvalue weighted by Crippen LogP contribution is -2.27. The maximum absolute atomic E-state index is 12.2. The Hall–Kier alpha value is -1.36. The van der Waals surface area contributed by atoms with Crippen molar-refractivity contribution in [2.75, 3.05) is 13.1 Å². The van der Waals surface area contributed by atoms with E-state index in [2.05, 4.69) is 42.3 Å². The van der Waals surface area contributed by atoms with Crippen LogP contribution in [0.1, 0.15) is 136 Å². The molecule has 0 N–H and O–H groups in total. The fourth-order valence-corrected chi connectivity index (χ4v) is 4.48. The van der Waals surface area contributed by atoms with Crippen molar-refractivity contribution in [3.05, 3.63) is 18.2 Å². The topological polar surface area (TPSA) is 47.4 Å². The highest BCUT2D eigenvalue weighted by Crippen LogP contribution is 2.15. The molecule has 0 radical (unpaired) electrons. The summed E-state index contributed by atoms with van der Waals surface area (Å²) >= 11 is 0. The molecular formula is C29H55N3O2. The van der Waals surface area contributed by atoms with Gasteiger partial charge in [-0.25, -0.2) is 4.98 Å². The van der Waals surface area contributed by atoms with Crippen LogP contribution in [0.25, 0.3) is 0 Å². The third-order valence-corrected chi connectivity index (χ3v) is 6.85. The molecule has 1 rings (SSSR count). The van der Waals surface area contributed by atoms with Gasteiger partial charge in [0.2, 0.25) is 0 Å². The summed E-state index contributed by atoms with van der Waals surface area (Å²) in [6.07, 6.45) is 23.9. The van der Waals surface area contributed by atoms with Crippen molar-refractivity contribution in [3.8, 4) is 0 Å². The molecule has 0 fully saturated rings. The molecule has 0 saturated carbocycles. The Labute approximate surface area is 211 Å². The third kappa shape index (κ3) is 15.5. The number of ether oxygens (including phenoxy) is 1. The monoisotopic (exact) mass is 477 g/mol. The van der Waals surface area contributed by atoms with Crippen LogP contribution >= 0.6 is 0 Å². The number of aromatic nitrogens is 2. The van der Waals surface area contributed by atoms with Crippen LogP contribution in [0.4, 0.5) is 0 Å². The average Bonchev–Trinajstić information content (AvgIpc) is 3.23. The molecule has 1 atom stereocenters. The van der Waals surface area contributed by atoms with Gasteiger partial charge in [0, 0.05) is 25.9 Å². The summed E-state index contributed by atoms with van der Waals surface area (Å²) in [5.74, 6) is 1.16. The highest BCUT2D eigenvalue weighted by Gasteiger charge is 2.12. The number of carbonyl (C=O) groups excluding carboxylic acids is 1. The van der Waals surface area contributed by atoms with Gasteiger partial charge < -0.3 is 9.30 Å². The zero-order chi connectivity index (χ0) is 24.9. The molecule has 0 saturated heterocycles. The molecule has 0 aromatic carbocycles. The smallest absolute Gasteiger partial charge is 0.306 e. The van der Waals surface area contributed by atoms with Crippen LogP contribution in [-0.2, 0) is 23.1 Å². The number of unbranched alkanes of at least 4 members (excludes halogenated alkanes) is 11. The van der Waals surface area contributed by atoms with Gasteiger partial charge in [0.05, 0.1) is 6.54 Å². The molecule has 0 spiro atoms. The first-order chi connectivity index (χ1) is 16.6. The van der Waals surface area contributed by atoms with E-state index in [1.807, 2.05) is 12.4 Å². The second-order valence-electron chi connectivity index (χ2n) is 10.0. The van der Waals surface area contributed by atoms with Crippen LogP contribution in [-0.4, -0.2) is 39.6 Å². The summed E-state index contributed by atoms with van der Waals surface area (Å²) in [5.41, 5.74) is 0. The summed E-state index contributed by atoms with van der Waals surface area (Å²) in [6.45, 7) is 9.88. The summed E-state index contributed by atoms with van der Waals surface area (Å²) in [7, 11) is 2.08. The van der Waals surface area contributed by atoms with E-state index in [0.29, 0.717) is 6.42 Å². The molecule has 5 nitrogen and oxygen atoms in total. The van der Waals surface area contributed by atoms with Crippen LogP contribution in [0.2, 0.25) is 0 Å². The van der Waals surface area contributed by atoms with Crippen molar-refractivity contribution in [2.45, 2.75) is 143 Å². The molecular weight excluding hydrogens is 422 g/mol. The molecule has 0 bridgehead atoms. The van der Waals surface area contributed by atoms with Crippen molar-refractivity contribution in [3.63, 3.8) is 0 Å². The highest BCUT2D eigenvalue weighted by molar-refractivity contribution is 5.69. The highest BCUT2D eigenvalue weighted by atomic mass is 16.5. The van der Waals surface area contributed by atoms with E-state index in [4.69, 9.17) is 4.74 Å². The first kappa shape index (κ1) is 30.7. The van der Waals surface area contributed by atoms with Gasteiger partial charge in [-0.1, -0.05) is 85.0 Å². The van der Waals surface area contributed by atoms with Crippen molar-refractivity contribution in [2.24, 2.45) is 7.05 Å². The average molecular weight is 478 g/mol. The van der Waals surface area contributed by atoms with Gasteiger partial charge in [0.1, 0.15) is 11.9 Å². The summed E-state index contributed by atoms with van der Waals surface area (Å²) in [6, 6.07) is 0. The van der Waals surface area contributed by atoms with E-state index >= 15 is 0 Å². The van der Waals surface area contributed by atoms with Crippen LogP contribution in [0.5, 0.6) is 0 Å². The maximum atomic E-state index is 12.2. The Kier molecular flexibility index (Phi) is 18.9. The molecule has 0 amide bonds. The third-order valence-electron chi connectivity index (χ3n) is 6.85. The predicted octanol–water partition coefficient (Wildman–Crippen LogP) is 7.83. The van der Waals surface area contributed by atoms with Crippen molar-refractivity contribution in [1.29, 1.82) is 0 Å². The number of aryl methyl sites for hydroxylation is 1. The first-order valence-electron chi connectivity index (χ1n) is 14.5. The van der Waals surface area contributed by atoms with Crippen LogP contribution < -0.4 is 0 Å². The summed E-state index contributed by atoms with van der Waals surface area (Å²) in [4.78, 5) is 19.3. The molecule has 5 heteroatoms. The Morgan fingerprint density at radius 2 is 1.47 bits per heavy atom. The number of imidazole rings is 1. The molecule has 0 aliphatic rings. The molecule has 34 heavy (non-hydrogen) atoms. The Morgan fingerprint density at radius 3 is 2.12 bits per heavy atom. The first-order valence-corrected chi connectivity index (χ1v) is 14.5. The number of nitrogens with zero attached hydrogens (tertiary/aromatic N) is 3. The van der Waals surface area contributed by atoms with Gasteiger partial charge >= 0.3 is 5.97 Å². The maximum Gasteiger partial charge on any atom is 0.306 e. The van der Waals surface area contributed by atoms with Gasteiger partial charge in [-0.2, -0.15) is 0 Å². The molecule has 1 heterocycles. The zero-order valence-electron chi connectivity index (χ0n) is 23.0. The van der Waals surface area contributed by atoms with Crippen LogP contribution in [0.3, 0.4) is 0 Å². The molecule has 1 aromatic heterocycles. The van der Waals surface area contributed by atoms with Crippen molar-refractivity contribution >= 4 is 5.97 Å². The van der Waals surface area contributed by atoms with Gasteiger partial charge in [-0.05, 0) is 51.6 Å². The minimum atomic E-state index is 0.00926. The summed E-state index contributed by atoms with van der Waals surface area (Å²) < 4.78 is 7.87. The van der Waals surface area contributed by atoms with Crippen molar-refractivity contribution in [1.82, 2.24) is 14.5 Å². The van der Waals surface area contributed by atoms with Crippen LogP contribution in [0, 0.1) is 0 Å². The van der Waals surface area contributed by atoms with E-state index in [-0.39, 0.29) is 12.1 Å².